The van der Waals surface area contributed by atoms with Crippen LogP contribution in [0.1, 0.15) is 38.7 Å². The molecule has 1 aliphatic carbocycles. The number of benzene rings is 1. The van der Waals surface area contributed by atoms with Crippen molar-refractivity contribution >= 4 is 17.9 Å². The predicted octanol–water partition coefficient (Wildman–Crippen LogP) is 3.00. The van der Waals surface area contributed by atoms with Crippen LogP contribution in [0.25, 0.3) is 0 Å². The van der Waals surface area contributed by atoms with Crippen LogP contribution in [-0.2, 0) is 9.47 Å². The lowest BCUT2D eigenvalue weighted by Crippen LogP contribution is -2.57. The summed E-state index contributed by atoms with van der Waals surface area (Å²) in [7, 11) is 0. The van der Waals surface area contributed by atoms with Crippen LogP contribution in [0, 0.1) is 5.82 Å². The third-order valence-electron chi connectivity index (χ3n) is 6.16. The van der Waals surface area contributed by atoms with Gasteiger partial charge in [0, 0.05) is 18.2 Å². The molecule has 2 N–H and O–H groups in total. The number of halogens is 1. The first-order chi connectivity index (χ1) is 14.4. The second-order valence-corrected chi connectivity index (χ2v) is 7.80. The number of rotatable bonds is 4. The van der Waals surface area contributed by atoms with Gasteiger partial charge in [0.25, 0.3) is 0 Å². The maximum Gasteiger partial charge on any atom is 0.429 e. The van der Waals surface area contributed by atoms with Crippen molar-refractivity contribution in [3.8, 4) is 0 Å². The fourth-order valence-electron chi connectivity index (χ4n) is 4.95. The summed E-state index contributed by atoms with van der Waals surface area (Å²) in [6.45, 7) is 5.26. The zero-order valence-corrected chi connectivity index (χ0v) is 17.2. The second kappa shape index (κ2) is 7.46. The Labute approximate surface area is 174 Å². The van der Waals surface area contributed by atoms with E-state index in [4.69, 9.17) is 9.47 Å². The van der Waals surface area contributed by atoms with Gasteiger partial charge in [-0.3, -0.25) is 0 Å². The van der Waals surface area contributed by atoms with Crippen LogP contribution in [-0.4, -0.2) is 64.8 Å². The van der Waals surface area contributed by atoms with Crippen molar-refractivity contribution in [2.24, 2.45) is 0 Å². The maximum atomic E-state index is 13.9. The minimum atomic E-state index is -0.988. The Balaban J connectivity index is 1.83. The Morgan fingerprint density at radius 2 is 1.93 bits per heavy atom. The quantitative estimate of drug-likeness (QED) is 0.729. The summed E-state index contributed by atoms with van der Waals surface area (Å²) >= 11 is 0. The summed E-state index contributed by atoms with van der Waals surface area (Å²) in [6.07, 6.45) is 0.830. The lowest BCUT2D eigenvalue weighted by molar-refractivity contribution is -0.0483. The average Bonchev–Trinajstić information content (AvgIpc) is 3.30. The molecule has 0 saturated carbocycles. The number of hydrogen-bond donors (Lipinski definition) is 2. The summed E-state index contributed by atoms with van der Waals surface area (Å²) in [5.74, 6) is -0.504. The zero-order chi connectivity index (χ0) is 21.6. The summed E-state index contributed by atoms with van der Waals surface area (Å²) < 4.78 is 24.4. The topological polar surface area (TPSA) is 91.3 Å². The number of nitrogens with zero attached hydrogens (tertiary/aromatic N) is 2. The first-order valence-electron chi connectivity index (χ1n) is 10.2. The first kappa shape index (κ1) is 20.5. The summed E-state index contributed by atoms with van der Waals surface area (Å²) in [6, 6.07) is 3.72. The molecule has 1 fully saturated rings. The third kappa shape index (κ3) is 2.83. The average molecular weight is 419 g/mol. The minimum absolute atomic E-state index is 0.139. The molecule has 0 bridgehead atoms. The smallest absolute Gasteiger partial charge is 0.429 e. The Morgan fingerprint density at radius 3 is 2.60 bits per heavy atom. The molecule has 2 aliphatic heterocycles. The molecule has 30 heavy (non-hydrogen) atoms. The van der Waals surface area contributed by atoms with E-state index < -0.39 is 23.8 Å². The monoisotopic (exact) mass is 419 g/mol. The maximum absolute atomic E-state index is 13.9. The van der Waals surface area contributed by atoms with Crippen LogP contribution in [0.5, 0.6) is 0 Å². The van der Waals surface area contributed by atoms with Crippen LogP contribution < -0.4 is 5.32 Å². The van der Waals surface area contributed by atoms with Gasteiger partial charge in [0.05, 0.1) is 24.8 Å². The standard InChI is InChI=1S/C21H26FN3O5/c1-4-29-19(27)24-18-15(21(3,8-9-26)25(24)20(28)30-5-2)11-14-13-10-12(22)6-7-16(13)23-17(14)18/h6-7,10-11,14,17-18,23,26H,4-5,8-9H2,1-3H3/t14-,17+,18+,21+/m0/s1. The van der Waals surface area contributed by atoms with E-state index in [9.17, 15) is 19.1 Å². The molecule has 1 aromatic carbocycles. The van der Waals surface area contributed by atoms with Gasteiger partial charge >= 0.3 is 12.2 Å². The Bertz CT molecular complexity index is 907. The van der Waals surface area contributed by atoms with E-state index in [0.717, 1.165) is 16.8 Å². The summed E-state index contributed by atoms with van der Waals surface area (Å²) in [4.78, 5) is 25.9. The molecule has 2 amide bonds. The van der Waals surface area contributed by atoms with Gasteiger partial charge in [-0.1, -0.05) is 6.08 Å². The van der Waals surface area contributed by atoms with Crippen molar-refractivity contribution in [1.29, 1.82) is 0 Å². The molecule has 0 spiro atoms. The molecular weight excluding hydrogens is 393 g/mol. The van der Waals surface area contributed by atoms with Gasteiger partial charge in [-0.25, -0.2) is 24.0 Å². The van der Waals surface area contributed by atoms with Crippen LogP contribution in [0.4, 0.5) is 19.7 Å². The number of aliphatic hydroxyl groups excluding tert-OH is 1. The number of ether oxygens (including phenoxy) is 2. The van der Waals surface area contributed by atoms with Crippen LogP contribution in [0.15, 0.2) is 29.8 Å². The van der Waals surface area contributed by atoms with E-state index in [1.54, 1.807) is 26.8 Å². The van der Waals surface area contributed by atoms with Crippen LogP contribution in [0.3, 0.4) is 0 Å². The highest BCUT2D eigenvalue weighted by Crippen LogP contribution is 2.54. The molecule has 0 radical (unpaired) electrons. The Kier molecular flexibility index (Phi) is 5.09. The van der Waals surface area contributed by atoms with E-state index in [1.165, 1.54) is 22.2 Å². The molecule has 0 unspecified atom stereocenters. The van der Waals surface area contributed by atoms with Crippen molar-refractivity contribution in [3.05, 3.63) is 41.2 Å². The normalized spacial score (nSPS) is 28.4. The molecule has 162 valence electrons. The van der Waals surface area contributed by atoms with Gasteiger partial charge in [-0.05, 0) is 56.5 Å². The van der Waals surface area contributed by atoms with Gasteiger partial charge in [0.1, 0.15) is 11.9 Å². The zero-order valence-electron chi connectivity index (χ0n) is 17.2. The molecular formula is C21H26FN3O5. The number of hydrazine groups is 1. The van der Waals surface area contributed by atoms with E-state index in [-0.39, 0.29) is 44.0 Å². The number of nitrogens with one attached hydrogen (secondary N) is 1. The Morgan fingerprint density at radius 1 is 1.23 bits per heavy atom. The molecule has 4 rings (SSSR count). The van der Waals surface area contributed by atoms with Crippen molar-refractivity contribution in [3.63, 3.8) is 0 Å². The molecule has 0 aromatic heterocycles. The van der Waals surface area contributed by atoms with Crippen LogP contribution >= 0.6 is 0 Å². The van der Waals surface area contributed by atoms with Gasteiger partial charge in [-0.2, -0.15) is 0 Å². The minimum Gasteiger partial charge on any atom is -0.448 e. The molecule has 3 aliphatic rings. The van der Waals surface area contributed by atoms with Gasteiger partial charge in [0.15, 0.2) is 0 Å². The molecule has 2 heterocycles. The van der Waals surface area contributed by atoms with E-state index >= 15 is 0 Å². The molecule has 1 saturated heterocycles. The van der Waals surface area contributed by atoms with E-state index in [1.807, 2.05) is 6.08 Å². The lowest BCUT2D eigenvalue weighted by Gasteiger charge is -2.38. The van der Waals surface area contributed by atoms with E-state index in [0.29, 0.717) is 0 Å². The number of fused-ring (bicyclic) bond motifs is 5. The van der Waals surface area contributed by atoms with Gasteiger partial charge in [-0.15, -0.1) is 0 Å². The SMILES string of the molecule is CCOC(=O)N1[C@@H]2C(=C[C@H]3c4cc(F)ccc4N[C@@H]23)[C@@](C)(CCO)N1C(=O)OCC. The molecule has 8 nitrogen and oxygen atoms in total. The number of aliphatic hydroxyl groups is 1. The second-order valence-electron chi connectivity index (χ2n) is 7.80. The Hall–Kier alpha value is -2.81. The lowest BCUT2D eigenvalue weighted by atomic mass is 9.87. The molecule has 4 atom stereocenters. The molecule has 9 heteroatoms. The van der Waals surface area contributed by atoms with Gasteiger partial charge < -0.3 is 19.9 Å². The van der Waals surface area contributed by atoms with Crippen molar-refractivity contribution < 1.29 is 28.6 Å². The highest BCUT2D eigenvalue weighted by atomic mass is 19.1. The highest BCUT2D eigenvalue weighted by Gasteiger charge is 2.63. The fraction of sp³-hybridized carbons (Fsp3) is 0.524. The predicted molar refractivity (Wildman–Crippen MR) is 106 cm³/mol. The summed E-state index contributed by atoms with van der Waals surface area (Å²) in [5.41, 5.74) is 1.41. The number of hydrogen-bond acceptors (Lipinski definition) is 6. The van der Waals surface area contributed by atoms with Crippen molar-refractivity contribution in [2.45, 2.75) is 50.7 Å². The highest BCUT2D eigenvalue weighted by molar-refractivity contribution is 5.80. The number of amides is 2. The van der Waals surface area contributed by atoms with Crippen molar-refractivity contribution in [1.82, 2.24) is 10.0 Å². The van der Waals surface area contributed by atoms with Gasteiger partial charge in [0.2, 0.25) is 0 Å². The van der Waals surface area contributed by atoms with Crippen molar-refractivity contribution in [2.75, 3.05) is 25.1 Å². The largest absolute Gasteiger partial charge is 0.448 e. The first-order valence-corrected chi connectivity index (χ1v) is 10.2. The third-order valence-corrected chi connectivity index (χ3v) is 6.16. The fourth-order valence-corrected chi connectivity index (χ4v) is 4.95. The van der Waals surface area contributed by atoms with Crippen LogP contribution in [0.2, 0.25) is 0 Å². The number of anilines is 1. The number of carbonyl (C=O) groups is 2. The van der Waals surface area contributed by atoms with E-state index in [2.05, 4.69) is 5.32 Å². The summed E-state index contributed by atoms with van der Waals surface area (Å²) in [5, 5.41) is 15.7. The number of carbonyl (C=O) groups excluding carboxylic acids is 2. The molecule has 1 aromatic rings.